The van der Waals surface area contributed by atoms with Gasteiger partial charge in [-0.3, -0.25) is 4.98 Å². The molecule has 134 valence electrons. The van der Waals surface area contributed by atoms with E-state index in [1.807, 2.05) is 37.5 Å². The van der Waals surface area contributed by atoms with Gasteiger partial charge in [-0.2, -0.15) is 5.10 Å². The Bertz CT molecular complexity index is 866. The third-order valence-electron chi connectivity index (χ3n) is 4.52. The Balaban J connectivity index is 1.50. The van der Waals surface area contributed by atoms with Crippen molar-refractivity contribution in [2.24, 2.45) is 0 Å². The van der Waals surface area contributed by atoms with Gasteiger partial charge in [0.1, 0.15) is 17.7 Å². The first-order valence-electron chi connectivity index (χ1n) is 8.78. The number of fused-ring (bicyclic) bond motifs is 1. The standard InChI is InChI=1S/C19H22N6O/c1-3-24-14-15(26-17-8-5-4-7-16(17)24)13-23(2)18-11-20-12-19(22-18)25-10-6-9-21-25/h4-12,15H,3,13-14H2,1-2H3. The summed E-state index contributed by atoms with van der Waals surface area (Å²) in [6.45, 7) is 4.70. The summed E-state index contributed by atoms with van der Waals surface area (Å²) in [5, 5.41) is 4.21. The highest BCUT2D eigenvalue weighted by Crippen LogP contribution is 2.33. The van der Waals surface area contributed by atoms with Gasteiger partial charge in [0.05, 0.1) is 31.2 Å². The highest BCUT2D eigenvalue weighted by molar-refractivity contribution is 5.60. The molecule has 3 heterocycles. The van der Waals surface area contributed by atoms with Gasteiger partial charge in [0.15, 0.2) is 5.82 Å². The van der Waals surface area contributed by atoms with Crippen molar-refractivity contribution in [1.29, 1.82) is 0 Å². The van der Waals surface area contributed by atoms with Crippen LogP contribution in [0.2, 0.25) is 0 Å². The number of hydrogen-bond acceptors (Lipinski definition) is 6. The smallest absolute Gasteiger partial charge is 0.173 e. The topological polar surface area (TPSA) is 59.3 Å². The zero-order valence-electron chi connectivity index (χ0n) is 15.0. The summed E-state index contributed by atoms with van der Waals surface area (Å²) < 4.78 is 7.91. The fourth-order valence-electron chi connectivity index (χ4n) is 3.22. The van der Waals surface area contributed by atoms with E-state index in [9.17, 15) is 0 Å². The Morgan fingerprint density at radius 2 is 2.12 bits per heavy atom. The monoisotopic (exact) mass is 350 g/mol. The second kappa shape index (κ2) is 7.03. The minimum absolute atomic E-state index is 0.0602. The van der Waals surface area contributed by atoms with Crippen LogP contribution in [0, 0.1) is 0 Å². The maximum Gasteiger partial charge on any atom is 0.173 e. The SMILES string of the molecule is CCN1CC(CN(C)c2cncc(-n3cccn3)n2)Oc2ccccc21. The lowest BCUT2D eigenvalue weighted by Gasteiger charge is -2.37. The predicted octanol–water partition coefficient (Wildman–Crippen LogP) is 2.39. The van der Waals surface area contributed by atoms with Gasteiger partial charge in [-0.15, -0.1) is 0 Å². The van der Waals surface area contributed by atoms with Crippen LogP contribution in [0.15, 0.2) is 55.1 Å². The third-order valence-corrected chi connectivity index (χ3v) is 4.52. The average Bonchev–Trinajstić information content (AvgIpc) is 3.22. The zero-order chi connectivity index (χ0) is 17.9. The summed E-state index contributed by atoms with van der Waals surface area (Å²) in [6.07, 6.45) is 7.11. The van der Waals surface area contributed by atoms with Gasteiger partial charge in [-0.1, -0.05) is 12.1 Å². The molecule has 7 nitrogen and oxygen atoms in total. The average molecular weight is 350 g/mol. The van der Waals surface area contributed by atoms with Gasteiger partial charge in [-0.25, -0.2) is 9.67 Å². The first-order valence-corrected chi connectivity index (χ1v) is 8.78. The molecule has 4 rings (SSSR count). The van der Waals surface area contributed by atoms with Crippen LogP contribution < -0.4 is 14.5 Å². The first-order chi connectivity index (χ1) is 12.7. The van der Waals surface area contributed by atoms with Crippen molar-refractivity contribution in [3.8, 4) is 11.6 Å². The predicted molar refractivity (Wildman–Crippen MR) is 101 cm³/mol. The van der Waals surface area contributed by atoms with Crippen LogP contribution in [0.4, 0.5) is 11.5 Å². The molecule has 0 N–H and O–H groups in total. The Morgan fingerprint density at radius 1 is 1.23 bits per heavy atom. The summed E-state index contributed by atoms with van der Waals surface area (Å²) in [5.74, 6) is 2.43. The van der Waals surface area contributed by atoms with E-state index in [1.54, 1.807) is 23.3 Å². The molecule has 3 aromatic rings. The van der Waals surface area contributed by atoms with E-state index < -0.39 is 0 Å². The number of aromatic nitrogens is 4. The van der Waals surface area contributed by atoms with Crippen molar-refractivity contribution in [2.75, 3.05) is 36.5 Å². The van der Waals surface area contributed by atoms with Gasteiger partial charge in [0, 0.05) is 26.0 Å². The Morgan fingerprint density at radius 3 is 2.92 bits per heavy atom. The Hall–Kier alpha value is -3.09. The Labute approximate surface area is 152 Å². The van der Waals surface area contributed by atoms with Crippen molar-refractivity contribution < 1.29 is 4.74 Å². The number of hydrogen-bond donors (Lipinski definition) is 0. The van der Waals surface area contributed by atoms with Gasteiger partial charge >= 0.3 is 0 Å². The van der Waals surface area contributed by atoms with E-state index in [2.05, 4.69) is 37.9 Å². The highest BCUT2D eigenvalue weighted by Gasteiger charge is 2.25. The fourth-order valence-corrected chi connectivity index (χ4v) is 3.22. The van der Waals surface area contributed by atoms with Crippen molar-refractivity contribution in [3.63, 3.8) is 0 Å². The number of likely N-dealkylation sites (N-methyl/N-ethyl adjacent to an activating group) is 2. The molecule has 1 atom stereocenters. The van der Waals surface area contributed by atoms with Crippen LogP contribution >= 0.6 is 0 Å². The molecule has 0 saturated heterocycles. The van der Waals surface area contributed by atoms with Gasteiger partial charge in [0.2, 0.25) is 0 Å². The summed E-state index contributed by atoms with van der Waals surface area (Å²) in [5.41, 5.74) is 1.16. The number of benzene rings is 1. The number of para-hydroxylation sites is 2. The van der Waals surface area contributed by atoms with Gasteiger partial charge in [-0.05, 0) is 25.1 Å². The largest absolute Gasteiger partial charge is 0.485 e. The lowest BCUT2D eigenvalue weighted by molar-refractivity contribution is 0.200. The Kier molecular flexibility index (Phi) is 4.43. The van der Waals surface area contributed by atoms with Crippen molar-refractivity contribution in [3.05, 3.63) is 55.1 Å². The number of anilines is 2. The molecular weight excluding hydrogens is 328 g/mol. The van der Waals surface area contributed by atoms with E-state index >= 15 is 0 Å². The van der Waals surface area contributed by atoms with E-state index in [0.717, 1.165) is 36.9 Å². The van der Waals surface area contributed by atoms with E-state index in [-0.39, 0.29) is 6.10 Å². The maximum atomic E-state index is 6.21. The second-order valence-corrected chi connectivity index (χ2v) is 6.31. The first kappa shape index (κ1) is 16.4. The molecule has 0 bridgehead atoms. The molecule has 1 unspecified atom stereocenters. The minimum atomic E-state index is 0.0602. The summed E-state index contributed by atoms with van der Waals surface area (Å²) in [4.78, 5) is 13.4. The molecule has 1 aliphatic heterocycles. The molecule has 0 fully saturated rings. The van der Waals surface area contributed by atoms with Crippen LogP contribution in [0.3, 0.4) is 0 Å². The number of rotatable bonds is 5. The van der Waals surface area contributed by atoms with Crippen molar-refractivity contribution >= 4 is 11.5 Å². The van der Waals surface area contributed by atoms with Crippen LogP contribution in [-0.2, 0) is 0 Å². The lowest BCUT2D eigenvalue weighted by atomic mass is 10.2. The van der Waals surface area contributed by atoms with E-state index in [0.29, 0.717) is 5.82 Å². The normalized spacial score (nSPS) is 16.1. The van der Waals surface area contributed by atoms with E-state index in [1.165, 1.54) is 0 Å². The molecule has 1 aromatic carbocycles. The van der Waals surface area contributed by atoms with E-state index in [4.69, 9.17) is 4.74 Å². The second-order valence-electron chi connectivity index (χ2n) is 6.31. The van der Waals surface area contributed by atoms with Crippen LogP contribution in [0.5, 0.6) is 5.75 Å². The molecule has 0 radical (unpaired) electrons. The molecule has 0 aliphatic carbocycles. The number of ether oxygens (including phenoxy) is 1. The molecule has 0 spiro atoms. The molecule has 1 aliphatic rings. The summed E-state index contributed by atoms with van der Waals surface area (Å²) in [6, 6.07) is 10.1. The quantitative estimate of drug-likeness (QED) is 0.704. The molecule has 0 amide bonds. The third kappa shape index (κ3) is 3.20. The van der Waals surface area contributed by atoms with Gasteiger partial charge in [0.25, 0.3) is 0 Å². The maximum absolute atomic E-state index is 6.21. The minimum Gasteiger partial charge on any atom is -0.485 e. The zero-order valence-corrected chi connectivity index (χ0v) is 15.0. The van der Waals surface area contributed by atoms with Crippen LogP contribution in [0.1, 0.15) is 6.92 Å². The van der Waals surface area contributed by atoms with Crippen molar-refractivity contribution in [1.82, 2.24) is 19.7 Å². The lowest BCUT2D eigenvalue weighted by Crippen LogP contribution is -2.45. The highest BCUT2D eigenvalue weighted by atomic mass is 16.5. The molecule has 26 heavy (non-hydrogen) atoms. The fraction of sp³-hybridized carbons (Fsp3) is 0.316. The van der Waals surface area contributed by atoms with Gasteiger partial charge < -0.3 is 14.5 Å². The van der Waals surface area contributed by atoms with Crippen LogP contribution in [-0.4, -0.2) is 52.5 Å². The van der Waals surface area contributed by atoms with Crippen LogP contribution in [0.25, 0.3) is 5.82 Å². The molecule has 0 saturated carbocycles. The summed E-state index contributed by atoms with van der Waals surface area (Å²) in [7, 11) is 2.01. The number of nitrogens with zero attached hydrogens (tertiary/aromatic N) is 6. The molecular formula is C19H22N6O. The summed E-state index contributed by atoms with van der Waals surface area (Å²) >= 11 is 0. The van der Waals surface area contributed by atoms with Crippen molar-refractivity contribution in [2.45, 2.75) is 13.0 Å². The molecule has 2 aromatic heterocycles. The molecule has 7 heteroatoms.